The Morgan fingerprint density at radius 1 is 1.40 bits per heavy atom. The number of carbonyl (C=O) groups excluding carboxylic acids is 1. The topological polar surface area (TPSA) is 42.1 Å². The van der Waals surface area contributed by atoms with E-state index in [4.69, 9.17) is 4.74 Å². The fourth-order valence-electron chi connectivity index (χ4n) is 3.64. The van der Waals surface area contributed by atoms with E-state index in [0.29, 0.717) is 6.42 Å². The Morgan fingerprint density at radius 3 is 2.95 bits per heavy atom. The highest BCUT2D eigenvalue weighted by molar-refractivity contribution is 5.86. The maximum Gasteiger partial charge on any atom is 0.306 e. The van der Waals surface area contributed by atoms with Crippen molar-refractivity contribution in [2.24, 2.45) is 0 Å². The normalized spacial score (nSPS) is 21.7. The predicted octanol–water partition coefficient (Wildman–Crippen LogP) is 3.72. The van der Waals surface area contributed by atoms with Gasteiger partial charge >= 0.3 is 5.97 Å². The first-order valence-electron chi connectivity index (χ1n) is 7.37. The first kappa shape index (κ1) is 13.2. The van der Waals surface area contributed by atoms with Crippen LogP contribution in [0.2, 0.25) is 0 Å². The van der Waals surface area contributed by atoms with Crippen LogP contribution in [-0.4, -0.2) is 18.1 Å². The highest BCUT2D eigenvalue weighted by atomic mass is 16.5. The van der Waals surface area contributed by atoms with Gasteiger partial charge in [-0.1, -0.05) is 25.1 Å². The first-order chi connectivity index (χ1) is 9.70. The standard InChI is InChI=1S/C17H21NO2/c1-3-17(11-15(19)20-2)10-6-8-13-12-7-4-5-9-14(12)18-16(13)17/h4-5,7,9,18H,3,6,8,10-11H2,1-2H3/t17-/m1/s1. The van der Waals surface area contributed by atoms with Crippen molar-refractivity contribution in [2.45, 2.75) is 44.4 Å². The molecule has 106 valence electrons. The van der Waals surface area contributed by atoms with Gasteiger partial charge in [-0.05, 0) is 37.3 Å². The molecule has 1 atom stereocenters. The minimum atomic E-state index is -0.113. The number of carbonyl (C=O) groups is 1. The van der Waals surface area contributed by atoms with E-state index in [-0.39, 0.29) is 11.4 Å². The van der Waals surface area contributed by atoms with Crippen molar-refractivity contribution in [1.29, 1.82) is 0 Å². The molecule has 0 bridgehead atoms. The van der Waals surface area contributed by atoms with Gasteiger partial charge in [-0.15, -0.1) is 0 Å². The van der Waals surface area contributed by atoms with E-state index in [1.807, 2.05) is 0 Å². The lowest BCUT2D eigenvalue weighted by molar-refractivity contribution is -0.142. The monoisotopic (exact) mass is 271 g/mol. The Kier molecular flexibility index (Phi) is 3.28. The molecule has 0 spiro atoms. The first-order valence-corrected chi connectivity index (χ1v) is 7.37. The Morgan fingerprint density at radius 2 is 2.20 bits per heavy atom. The number of benzene rings is 1. The number of para-hydroxylation sites is 1. The lowest BCUT2D eigenvalue weighted by Gasteiger charge is -2.35. The molecule has 3 rings (SSSR count). The maximum absolute atomic E-state index is 11.8. The number of ether oxygens (including phenoxy) is 1. The Labute approximate surface area is 119 Å². The molecule has 1 aromatic carbocycles. The van der Waals surface area contributed by atoms with Crippen LogP contribution in [0.5, 0.6) is 0 Å². The lowest BCUT2D eigenvalue weighted by Crippen LogP contribution is -2.33. The summed E-state index contributed by atoms with van der Waals surface area (Å²) in [6.45, 7) is 2.17. The van der Waals surface area contributed by atoms with Gasteiger partial charge in [0.05, 0.1) is 13.5 Å². The summed E-state index contributed by atoms with van der Waals surface area (Å²) in [6, 6.07) is 8.43. The molecule has 3 heteroatoms. The van der Waals surface area contributed by atoms with Crippen LogP contribution < -0.4 is 0 Å². The van der Waals surface area contributed by atoms with Gasteiger partial charge in [-0.3, -0.25) is 4.79 Å². The largest absolute Gasteiger partial charge is 0.469 e. The molecule has 20 heavy (non-hydrogen) atoms. The number of aromatic amines is 1. The highest BCUT2D eigenvalue weighted by Crippen LogP contribution is 2.44. The van der Waals surface area contributed by atoms with Crippen LogP contribution in [0.1, 0.15) is 43.9 Å². The molecular formula is C17H21NO2. The Bertz CT molecular complexity index is 643. The van der Waals surface area contributed by atoms with Crippen LogP contribution in [0.4, 0.5) is 0 Å². The van der Waals surface area contributed by atoms with Crippen molar-refractivity contribution < 1.29 is 9.53 Å². The molecule has 3 nitrogen and oxygen atoms in total. The van der Waals surface area contributed by atoms with E-state index < -0.39 is 0 Å². The van der Waals surface area contributed by atoms with Gasteiger partial charge in [0.15, 0.2) is 0 Å². The van der Waals surface area contributed by atoms with Crippen LogP contribution in [-0.2, 0) is 21.4 Å². The van der Waals surface area contributed by atoms with E-state index in [9.17, 15) is 4.79 Å². The van der Waals surface area contributed by atoms with Crippen LogP contribution >= 0.6 is 0 Å². The van der Waals surface area contributed by atoms with E-state index in [2.05, 4.69) is 36.2 Å². The molecule has 1 heterocycles. The average Bonchev–Trinajstić information content (AvgIpc) is 2.87. The third kappa shape index (κ3) is 1.92. The fraction of sp³-hybridized carbons (Fsp3) is 0.471. The van der Waals surface area contributed by atoms with Gasteiger partial charge in [-0.25, -0.2) is 0 Å². The molecular weight excluding hydrogens is 250 g/mol. The van der Waals surface area contributed by atoms with Crippen LogP contribution in [0.25, 0.3) is 10.9 Å². The summed E-state index contributed by atoms with van der Waals surface area (Å²) in [4.78, 5) is 15.4. The van der Waals surface area contributed by atoms with Crippen molar-refractivity contribution in [3.05, 3.63) is 35.5 Å². The van der Waals surface area contributed by atoms with E-state index >= 15 is 0 Å². The number of rotatable bonds is 3. The number of fused-ring (bicyclic) bond motifs is 3. The van der Waals surface area contributed by atoms with Gasteiger partial charge in [0.1, 0.15) is 0 Å². The van der Waals surface area contributed by atoms with Crippen LogP contribution in [0.15, 0.2) is 24.3 Å². The number of aryl methyl sites for hydroxylation is 1. The number of H-pyrrole nitrogens is 1. The van der Waals surface area contributed by atoms with Gasteiger partial charge < -0.3 is 9.72 Å². The van der Waals surface area contributed by atoms with Crippen molar-refractivity contribution in [3.8, 4) is 0 Å². The zero-order valence-corrected chi connectivity index (χ0v) is 12.2. The smallest absolute Gasteiger partial charge is 0.306 e. The average molecular weight is 271 g/mol. The predicted molar refractivity (Wildman–Crippen MR) is 79.8 cm³/mol. The molecule has 0 fully saturated rings. The zero-order chi connectivity index (χ0) is 14.2. The van der Waals surface area contributed by atoms with Gasteiger partial charge in [0, 0.05) is 22.0 Å². The number of hydrogen-bond acceptors (Lipinski definition) is 2. The highest BCUT2D eigenvalue weighted by Gasteiger charge is 2.39. The summed E-state index contributed by atoms with van der Waals surface area (Å²) in [5.41, 5.74) is 3.76. The quantitative estimate of drug-likeness (QED) is 0.865. The fourth-order valence-corrected chi connectivity index (χ4v) is 3.64. The number of hydrogen-bond donors (Lipinski definition) is 1. The zero-order valence-electron chi connectivity index (χ0n) is 12.2. The third-order valence-corrected chi connectivity index (χ3v) is 4.81. The van der Waals surface area contributed by atoms with Gasteiger partial charge in [0.2, 0.25) is 0 Å². The summed E-state index contributed by atoms with van der Waals surface area (Å²) in [5, 5.41) is 1.31. The summed E-state index contributed by atoms with van der Waals surface area (Å²) >= 11 is 0. The lowest BCUT2D eigenvalue weighted by atomic mass is 9.69. The molecule has 0 aliphatic heterocycles. The maximum atomic E-state index is 11.8. The number of nitrogens with one attached hydrogen (secondary N) is 1. The molecule has 0 radical (unpaired) electrons. The van der Waals surface area contributed by atoms with Crippen molar-refractivity contribution in [2.75, 3.05) is 7.11 Å². The molecule has 1 aromatic heterocycles. The molecule has 1 aliphatic rings. The molecule has 2 aromatic rings. The molecule has 1 N–H and O–H groups in total. The third-order valence-electron chi connectivity index (χ3n) is 4.81. The summed E-state index contributed by atoms with van der Waals surface area (Å²) in [5.74, 6) is -0.113. The minimum absolute atomic E-state index is 0.0836. The second-order valence-electron chi connectivity index (χ2n) is 5.76. The van der Waals surface area contributed by atoms with Gasteiger partial charge in [-0.2, -0.15) is 0 Å². The van der Waals surface area contributed by atoms with E-state index in [1.54, 1.807) is 0 Å². The van der Waals surface area contributed by atoms with E-state index in [1.165, 1.54) is 29.3 Å². The van der Waals surface area contributed by atoms with E-state index in [0.717, 1.165) is 25.7 Å². The number of aromatic nitrogens is 1. The molecule has 0 unspecified atom stereocenters. The number of esters is 1. The minimum Gasteiger partial charge on any atom is -0.469 e. The van der Waals surface area contributed by atoms with Crippen molar-refractivity contribution in [1.82, 2.24) is 4.98 Å². The summed E-state index contributed by atoms with van der Waals surface area (Å²) in [6.07, 6.45) is 4.72. The molecule has 1 aliphatic carbocycles. The summed E-state index contributed by atoms with van der Waals surface area (Å²) in [7, 11) is 1.47. The SMILES string of the molecule is CC[C@]1(CC(=O)OC)CCCc2c1[nH]c1ccccc21. The number of methoxy groups -OCH3 is 1. The summed E-state index contributed by atoms with van der Waals surface area (Å²) < 4.78 is 4.92. The van der Waals surface area contributed by atoms with Crippen LogP contribution in [0.3, 0.4) is 0 Å². The second kappa shape index (κ2) is 4.97. The van der Waals surface area contributed by atoms with Crippen LogP contribution in [0, 0.1) is 0 Å². The molecule has 0 saturated carbocycles. The Hall–Kier alpha value is -1.77. The molecule has 0 saturated heterocycles. The second-order valence-corrected chi connectivity index (χ2v) is 5.76. The molecule has 0 amide bonds. The van der Waals surface area contributed by atoms with Crippen molar-refractivity contribution in [3.63, 3.8) is 0 Å². The Balaban J connectivity index is 2.14. The van der Waals surface area contributed by atoms with Gasteiger partial charge in [0.25, 0.3) is 0 Å². The van der Waals surface area contributed by atoms with Crippen molar-refractivity contribution >= 4 is 16.9 Å².